The van der Waals surface area contributed by atoms with Crippen LogP contribution in [0.15, 0.2) is 70.7 Å². The second-order valence-electron chi connectivity index (χ2n) is 7.72. The fourth-order valence-electron chi connectivity index (χ4n) is 3.55. The molecule has 4 rings (SSSR count). The van der Waals surface area contributed by atoms with Gasteiger partial charge >= 0.3 is 0 Å². The molecule has 3 N–H and O–H groups in total. The molecule has 0 aliphatic carbocycles. The molecule has 2 aromatic carbocycles. The lowest BCUT2D eigenvalue weighted by atomic mass is 10.1. The SMILES string of the molecule is COc1ccc2[nH]cc(CCN=C(Nc3nc(C)cc(C)n3)NS(=O)(=O)c3ccccc3)c2c1. The summed E-state index contributed by atoms with van der Waals surface area (Å²) in [4.78, 5) is 16.6. The van der Waals surface area contributed by atoms with Gasteiger partial charge in [-0.25, -0.2) is 23.1 Å². The van der Waals surface area contributed by atoms with Crippen LogP contribution in [0.3, 0.4) is 0 Å². The van der Waals surface area contributed by atoms with E-state index in [2.05, 4.69) is 30.0 Å². The lowest BCUT2D eigenvalue weighted by Gasteiger charge is -2.13. The second kappa shape index (κ2) is 9.92. The van der Waals surface area contributed by atoms with Crippen molar-refractivity contribution in [2.75, 3.05) is 19.0 Å². The number of aryl methyl sites for hydroxylation is 2. The van der Waals surface area contributed by atoms with Gasteiger partial charge < -0.3 is 9.72 Å². The maximum Gasteiger partial charge on any atom is 0.264 e. The highest BCUT2D eigenvalue weighted by Gasteiger charge is 2.17. The summed E-state index contributed by atoms with van der Waals surface area (Å²) in [5.41, 5.74) is 3.55. The van der Waals surface area contributed by atoms with Gasteiger partial charge in [-0.05, 0) is 62.2 Å². The molecule has 0 fully saturated rings. The van der Waals surface area contributed by atoms with E-state index in [9.17, 15) is 8.42 Å². The van der Waals surface area contributed by atoms with Crippen LogP contribution in [0.2, 0.25) is 0 Å². The van der Waals surface area contributed by atoms with Crippen molar-refractivity contribution < 1.29 is 13.2 Å². The van der Waals surface area contributed by atoms with E-state index in [1.54, 1.807) is 25.3 Å². The Bertz CT molecular complexity index is 1410. The third-order valence-corrected chi connectivity index (χ3v) is 6.48. The van der Waals surface area contributed by atoms with E-state index < -0.39 is 10.0 Å². The monoisotopic (exact) mass is 478 g/mol. The van der Waals surface area contributed by atoms with Gasteiger partial charge in [0.2, 0.25) is 11.9 Å². The first kappa shape index (κ1) is 23.2. The summed E-state index contributed by atoms with van der Waals surface area (Å²) < 4.78 is 33.7. The third-order valence-electron chi connectivity index (χ3n) is 5.12. The largest absolute Gasteiger partial charge is 0.497 e. The zero-order valence-corrected chi connectivity index (χ0v) is 20.0. The normalized spacial score (nSPS) is 12.0. The van der Waals surface area contributed by atoms with Gasteiger partial charge in [0.25, 0.3) is 10.0 Å². The van der Waals surface area contributed by atoms with Gasteiger partial charge in [-0.1, -0.05) is 18.2 Å². The summed E-state index contributed by atoms with van der Waals surface area (Å²) in [6.45, 7) is 4.01. The maximum atomic E-state index is 12.9. The average Bonchev–Trinajstić information content (AvgIpc) is 3.21. The Labute approximate surface area is 198 Å². The number of methoxy groups -OCH3 is 1. The molecule has 0 saturated heterocycles. The number of ether oxygens (including phenoxy) is 1. The molecule has 34 heavy (non-hydrogen) atoms. The van der Waals surface area contributed by atoms with Crippen molar-refractivity contribution in [3.63, 3.8) is 0 Å². The van der Waals surface area contributed by atoms with E-state index in [1.165, 1.54) is 12.1 Å². The highest BCUT2D eigenvalue weighted by Crippen LogP contribution is 2.24. The van der Waals surface area contributed by atoms with Crippen molar-refractivity contribution in [1.29, 1.82) is 0 Å². The van der Waals surface area contributed by atoms with E-state index in [4.69, 9.17) is 4.74 Å². The summed E-state index contributed by atoms with van der Waals surface area (Å²) in [5, 5.41) is 3.97. The van der Waals surface area contributed by atoms with Crippen molar-refractivity contribution in [3.05, 3.63) is 77.7 Å². The number of hydrogen-bond acceptors (Lipinski definition) is 6. The van der Waals surface area contributed by atoms with Crippen molar-refractivity contribution in [1.82, 2.24) is 19.7 Å². The van der Waals surface area contributed by atoms with Gasteiger partial charge in [0.05, 0.1) is 12.0 Å². The molecule has 176 valence electrons. The topological polar surface area (TPSA) is 121 Å². The second-order valence-corrected chi connectivity index (χ2v) is 9.41. The molecule has 10 heteroatoms. The minimum atomic E-state index is -3.85. The number of nitrogens with one attached hydrogen (secondary N) is 3. The molecular weight excluding hydrogens is 452 g/mol. The fraction of sp³-hybridized carbons (Fsp3) is 0.208. The van der Waals surface area contributed by atoms with Crippen LogP contribution in [0.1, 0.15) is 17.0 Å². The smallest absolute Gasteiger partial charge is 0.264 e. The first-order valence-corrected chi connectivity index (χ1v) is 12.2. The molecule has 0 atom stereocenters. The van der Waals surface area contributed by atoms with Gasteiger partial charge in [0.15, 0.2) is 0 Å². The number of fused-ring (bicyclic) bond motifs is 1. The van der Waals surface area contributed by atoms with Crippen molar-refractivity contribution in [2.45, 2.75) is 25.2 Å². The number of aromatic nitrogens is 3. The quantitative estimate of drug-likeness (QED) is 0.276. The van der Waals surface area contributed by atoms with Gasteiger partial charge in [0, 0.05) is 35.0 Å². The molecule has 0 aliphatic heterocycles. The lowest BCUT2D eigenvalue weighted by molar-refractivity contribution is 0.415. The Morgan fingerprint density at radius 3 is 2.50 bits per heavy atom. The minimum Gasteiger partial charge on any atom is -0.497 e. The van der Waals surface area contributed by atoms with Crippen LogP contribution < -0.4 is 14.8 Å². The van der Waals surface area contributed by atoms with Gasteiger partial charge in [0.1, 0.15) is 5.75 Å². The van der Waals surface area contributed by atoms with Crippen molar-refractivity contribution in [2.24, 2.45) is 4.99 Å². The lowest BCUT2D eigenvalue weighted by Crippen LogP contribution is -2.36. The first-order valence-electron chi connectivity index (χ1n) is 10.7. The highest BCUT2D eigenvalue weighted by molar-refractivity contribution is 7.90. The Morgan fingerprint density at radius 1 is 1.06 bits per heavy atom. The predicted octanol–water partition coefficient (Wildman–Crippen LogP) is 3.57. The standard InChI is InChI=1S/C24H26N6O3S/c1-16-13-17(2)28-24(27-16)29-23(30-34(31,32)20-7-5-4-6-8-20)25-12-11-18-15-26-22-10-9-19(33-3)14-21(18)22/h4-10,13-15,26H,11-12H2,1-3H3,(H2,25,27,28,29,30). The number of aliphatic imine (C=N–C) groups is 1. The molecule has 0 spiro atoms. The van der Waals surface area contributed by atoms with Crippen molar-refractivity contribution >= 4 is 32.8 Å². The zero-order chi connectivity index (χ0) is 24.1. The summed E-state index contributed by atoms with van der Waals surface area (Å²) in [6.07, 6.45) is 2.51. The first-order chi connectivity index (χ1) is 16.3. The van der Waals surface area contributed by atoms with E-state index in [-0.39, 0.29) is 16.8 Å². The van der Waals surface area contributed by atoms with E-state index in [1.807, 2.05) is 44.3 Å². The van der Waals surface area contributed by atoms with Crippen LogP contribution in [0.5, 0.6) is 5.75 Å². The molecule has 9 nitrogen and oxygen atoms in total. The number of rotatable bonds is 7. The van der Waals surface area contributed by atoms with Gasteiger partial charge in [-0.2, -0.15) is 0 Å². The van der Waals surface area contributed by atoms with Gasteiger partial charge in [-0.3, -0.25) is 10.3 Å². The summed E-state index contributed by atoms with van der Waals surface area (Å²) in [5.74, 6) is 1.08. The summed E-state index contributed by atoms with van der Waals surface area (Å²) in [6, 6.07) is 15.8. The van der Waals surface area contributed by atoms with Crippen LogP contribution >= 0.6 is 0 Å². The molecule has 0 bridgehead atoms. The van der Waals surface area contributed by atoms with Crippen LogP contribution in [0, 0.1) is 13.8 Å². The maximum absolute atomic E-state index is 12.9. The molecule has 0 radical (unpaired) electrons. The molecule has 4 aromatic rings. The van der Waals surface area contributed by atoms with Crippen LogP contribution in [-0.4, -0.2) is 43.0 Å². The molecule has 0 amide bonds. The highest BCUT2D eigenvalue weighted by atomic mass is 32.2. The number of hydrogen-bond donors (Lipinski definition) is 3. The minimum absolute atomic E-state index is 0.0475. The molecule has 0 saturated carbocycles. The van der Waals surface area contributed by atoms with E-state index in [0.29, 0.717) is 13.0 Å². The zero-order valence-electron chi connectivity index (χ0n) is 19.2. The number of H-pyrrole nitrogens is 1. The number of benzene rings is 2. The Balaban J connectivity index is 1.59. The number of anilines is 1. The summed E-state index contributed by atoms with van der Waals surface area (Å²) in [7, 11) is -2.22. The fourth-order valence-corrected chi connectivity index (χ4v) is 4.55. The van der Waals surface area contributed by atoms with E-state index >= 15 is 0 Å². The van der Waals surface area contributed by atoms with Crippen LogP contribution in [0.25, 0.3) is 10.9 Å². The molecule has 2 heterocycles. The van der Waals surface area contributed by atoms with Crippen LogP contribution in [0.4, 0.5) is 5.95 Å². The predicted molar refractivity (Wildman–Crippen MR) is 133 cm³/mol. The molecular formula is C24H26N6O3S. The van der Waals surface area contributed by atoms with E-state index in [0.717, 1.165) is 33.6 Å². The third kappa shape index (κ3) is 5.52. The Hall–Kier alpha value is -3.92. The number of nitrogens with zero attached hydrogens (tertiary/aromatic N) is 3. The number of guanidine groups is 1. The van der Waals surface area contributed by atoms with Crippen LogP contribution in [-0.2, 0) is 16.4 Å². The number of sulfonamides is 1. The van der Waals surface area contributed by atoms with Gasteiger partial charge in [-0.15, -0.1) is 0 Å². The number of aromatic amines is 1. The Kier molecular flexibility index (Phi) is 6.78. The van der Waals surface area contributed by atoms with Crippen molar-refractivity contribution in [3.8, 4) is 5.75 Å². The summed E-state index contributed by atoms with van der Waals surface area (Å²) >= 11 is 0. The molecule has 0 aliphatic rings. The average molecular weight is 479 g/mol. The Morgan fingerprint density at radius 2 is 1.79 bits per heavy atom. The molecule has 2 aromatic heterocycles. The molecule has 0 unspecified atom stereocenters.